The van der Waals surface area contributed by atoms with Crippen molar-refractivity contribution < 1.29 is 14.5 Å². The second kappa shape index (κ2) is 8.94. The molecule has 20 heavy (non-hydrogen) atoms. The van der Waals surface area contributed by atoms with Gasteiger partial charge in [0.1, 0.15) is 6.54 Å². The highest BCUT2D eigenvalue weighted by Crippen LogP contribution is 2.20. The summed E-state index contributed by atoms with van der Waals surface area (Å²) in [6, 6.07) is 3.37. The first-order valence-electron chi connectivity index (χ1n) is 6.64. The molecule has 112 valence electrons. The van der Waals surface area contributed by atoms with Crippen LogP contribution in [0.1, 0.15) is 24.6 Å². The monoisotopic (exact) mass is 318 g/mol. The zero-order chi connectivity index (χ0) is 15.0. The number of hydrogen-bond donors (Lipinski definition) is 3. The van der Waals surface area contributed by atoms with Crippen molar-refractivity contribution in [2.75, 3.05) is 20.1 Å². The van der Waals surface area contributed by atoms with E-state index in [1.54, 1.807) is 0 Å². The molecule has 1 atom stereocenters. The Balaban J connectivity index is 2.25. The van der Waals surface area contributed by atoms with Gasteiger partial charge in [0, 0.05) is 6.54 Å². The van der Waals surface area contributed by atoms with Crippen LogP contribution in [-0.2, 0) is 11.3 Å². The number of amides is 3. The first-order valence-corrected chi connectivity index (χ1v) is 7.84. The van der Waals surface area contributed by atoms with E-state index >= 15 is 0 Å². The second-order valence-electron chi connectivity index (χ2n) is 4.67. The molecule has 0 bridgehead atoms. The van der Waals surface area contributed by atoms with Gasteiger partial charge in [-0.2, -0.15) is 0 Å². The number of carbonyl (C=O) groups is 2. The summed E-state index contributed by atoms with van der Waals surface area (Å²) in [6.45, 7) is 3.59. The van der Waals surface area contributed by atoms with E-state index in [0.29, 0.717) is 13.1 Å². The van der Waals surface area contributed by atoms with Crippen molar-refractivity contribution in [1.29, 1.82) is 0 Å². The molecule has 0 aliphatic carbocycles. The maximum atomic E-state index is 11.7. The van der Waals surface area contributed by atoms with Crippen LogP contribution in [0, 0.1) is 0 Å². The molecule has 0 radical (unpaired) electrons. The number of imide groups is 1. The summed E-state index contributed by atoms with van der Waals surface area (Å²) in [7, 11) is 1.90. The highest BCUT2D eigenvalue weighted by atomic mass is 35.5. The molecule has 1 rings (SSSR count). The van der Waals surface area contributed by atoms with Crippen LogP contribution in [0.3, 0.4) is 0 Å². The van der Waals surface area contributed by atoms with E-state index in [1.165, 1.54) is 11.3 Å². The summed E-state index contributed by atoms with van der Waals surface area (Å²) in [5.74, 6) is -0.279. The number of unbranched alkanes of at least 4 members (excludes halogenated alkanes) is 1. The van der Waals surface area contributed by atoms with E-state index in [0.717, 1.165) is 27.0 Å². The number of urea groups is 1. The summed E-state index contributed by atoms with van der Waals surface area (Å²) >= 11 is 7.36. The van der Waals surface area contributed by atoms with Crippen molar-refractivity contribution >= 4 is 34.9 Å². The topological polar surface area (TPSA) is 62.6 Å². The number of carbonyl (C=O) groups excluding carboxylic acids is 2. The molecular weight excluding hydrogens is 298 g/mol. The third-order valence-electron chi connectivity index (χ3n) is 2.64. The van der Waals surface area contributed by atoms with E-state index in [2.05, 4.69) is 10.6 Å². The quantitative estimate of drug-likeness (QED) is 0.658. The normalized spacial score (nSPS) is 11.9. The third kappa shape index (κ3) is 6.88. The van der Waals surface area contributed by atoms with Gasteiger partial charge in [0.25, 0.3) is 5.91 Å². The minimum Gasteiger partial charge on any atom is -0.338 e. The largest absolute Gasteiger partial charge is 0.338 e. The van der Waals surface area contributed by atoms with Crippen molar-refractivity contribution in [1.82, 2.24) is 10.6 Å². The van der Waals surface area contributed by atoms with E-state index in [4.69, 9.17) is 11.6 Å². The van der Waals surface area contributed by atoms with Crippen molar-refractivity contribution in [2.45, 2.75) is 26.3 Å². The van der Waals surface area contributed by atoms with Crippen LogP contribution in [0.4, 0.5) is 4.79 Å². The lowest BCUT2D eigenvalue weighted by Crippen LogP contribution is -3.08. The molecule has 0 saturated carbocycles. The van der Waals surface area contributed by atoms with Crippen LogP contribution >= 0.6 is 22.9 Å². The molecule has 1 aromatic heterocycles. The molecule has 0 spiro atoms. The van der Waals surface area contributed by atoms with Gasteiger partial charge in [-0.05, 0) is 18.6 Å². The van der Waals surface area contributed by atoms with Gasteiger partial charge in [-0.3, -0.25) is 10.1 Å². The van der Waals surface area contributed by atoms with Crippen LogP contribution in [0.15, 0.2) is 12.1 Å². The Morgan fingerprint density at radius 3 is 2.75 bits per heavy atom. The van der Waals surface area contributed by atoms with Crippen molar-refractivity contribution in [3.8, 4) is 0 Å². The predicted octanol–water partition coefficient (Wildman–Crippen LogP) is 1.04. The van der Waals surface area contributed by atoms with Crippen molar-refractivity contribution in [3.05, 3.63) is 21.3 Å². The lowest BCUT2D eigenvalue weighted by atomic mass is 10.3. The van der Waals surface area contributed by atoms with Gasteiger partial charge in [0.15, 0.2) is 6.54 Å². The highest BCUT2D eigenvalue weighted by Gasteiger charge is 2.14. The minimum atomic E-state index is -0.421. The van der Waals surface area contributed by atoms with Gasteiger partial charge in [0.05, 0.1) is 16.3 Å². The van der Waals surface area contributed by atoms with Gasteiger partial charge in [-0.1, -0.05) is 24.9 Å². The molecule has 0 saturated heterocycles. The van der Waals surface area contributed by atoms with Crippen LogP contribution in [0.25, 0.3) is 0 Å². The number of hydrogen-bond acceptors (Lipinski definition) is 3. The number of rotatable bonds is 7. The first kappa shape index (κ1) is 16.9. The molecule has 0 aliphatic rings. The number of thiophene rings is 1. The number of likely N-dealkylation sites (N-methyl/N-ethyl adjacent to an activating group) is 1. The SMILES string of the molecule is CCCCNC(=O)NC(=O)C[NH+](C)Cc1ccc(Cl)s1. The Bertz CT molecular complexity index is 451. The molecule has 0 aromatic carbocycles. The Kier molecular flexibility index (Phi) is 7.58. The van der Waals surface area contributed by atoms with Crippen LogP contribution < -0.4 is 15.5 Å². The van der Waals surface area contributed by atoms with Gasteiger partial charge in [-0.15, -0.1) is 11.3 Å². The Morgan fingerprint density at radius 2 is 2.15 bits per heavy atom. The first-order chi connectivity index (χ1) is 9.51. The molecule has 7 heteroatoms. The fourth-order valence-electron chi connectivity index (χ4n) is 1.67. The average Bonchev–Trinajstić information content (AvgIpc) is 2.74. The molecule has 1 unspecified atom stereocenters. The maximum absolute atomic E-state index is 11.7. The van der Waals surface area contributed by atoms with Crippen molar-refractivity contribution in [3.63, 3.8) is 0 Å². The lowest BCUT2D eigenvalue weighted by molar-refractivity contribution is -0.885. The average molecular weight is 319 g/mol. The zero-order valence-electron chi connectivity index (χ0n) is 11.8. The van der Waals surface area contributed by atoms with Crippen molar-refractivity contribution in [2.24, 2.45) is 0 Å². The second-order valence-corrected chi connectivity index (χ2v) is 6.47. The molecule has 3 N–H and O–H groups in total. The highest BCUT2D eigenvalue weighted by molar-refractivity contribution is 7.16. The van der Waals surface area contributed by atoms with Gasteiger partial charge in [0.2, 0.25) is 0 Å². The van der Waals surface area contributed by atoms with E-state index < -0.39 is 6.03 Å². The molecule has 1 heterocycles. The maximum Gasteiger partial charge on any atom is 0.321 e. The van der Waals surface area contributed by atoms with E-state index in [9.17, 15) is 9.59 Å². The molecular formula is C13H21ClN3O2S+. The Morgan fingerprint density at radius 1 is 1.40 bits per heavy atom. The standard InChI is InChI=1S/C13H20ClN3O2S/c1-3-4-7-15-13(19)16-12(18)9-17(2)8-10-5-6-11(14)20-10/h5-6H,3-4,7-9H2,1-2H3,(H2,15,16,18,19)/p+1. The fourth-order valence-corrected chi connectivity index (χ4v) is 2.88. The summed E-state index contributed by atoms with van der Waals surface area (Å²) in [5.41, 5.74) is 0. The molecule has 1 aromatic rings. The molecule has 0 aliphatic heterocycles. The number of nitrogens with one attached hydrogen (secondary N) is 3. The smallest absolute Gasteiger partial charge is 0.321 e. The Labute approximate surface area is 128 Å². The van der Waals surface area contributed by atoms with Gasteiger partial charge < -0.3 is 10.2 Å². The summed E-state index contributed by atoms with van der Waals surface area (Å²) in [5, 5.41) is 4.97. The number of halogens is 1. The van der Waals surface area contributed by atoms with Crippen LogP contribution in [0.5, 0.6) is 0 Å². The third-order valence-corrected chi connectivity index (χ3v) is 3.87. The lowest BCUT2D eigenvalue weighted by Gasteiger charge is -2.12. The minimum absolute atomic E-state index is 0.247. The fraction of sp³-hybridized carbons (Fsp3) is 0.538. The van der Waals surface area contributed by atoms with Crippen LogP contribution in [-0.4, -0.2) is 32.1 Å². The summed E-state index contributed by atoms with van der Waals surface area (Å²) in [6.07, 6.45) is 1.91. The molecule has 3 amide bonds. The molecule has 0 fully saturated rings. The molecule has 5 nitrogen and oxygen atoms in total. The number of quaternary nitrogens is 1. The van der Waals surface area contributed by atoms with E-state index in [1.807, 2.05) is 26.1 Å². The summed E-state index contributed by atoms with van der Waals surface area (Å²) < 4.78 is 0.743. The Hall–Kier alpha value is -1.11. The zero-order valence-corrected chi connectivity index (χ0v) is 13.4. The van der Waals surface area contributed by atoms with E-state index in [-0.39, 0.29) is 12.5 Å². The van der Waals surface area contributed by atoms with Gasteiger partial charge >= 0.3 is 6.03 Å². The summed E-state index contributed by atoms with van der Waals surface area (Å²) in [4.78, 5) is 25.2. The van der Waals surface area contributed by atoms with Gasteiger partial charge in [-0.25, -0.2) is 4.79 Å². The predicted molar refractivity (Wildman–Crippen MR) is 81.2 cm³/mol. The van der Waals surface area contributed by atoms with Crippen LogP contribution in [0.2, 0.25) is 4.34 Å².